The third kappa shape index (κ3) is 5.33. The largest absolute Gasteiger partial charge is 0.449 e. The maximum absolute atomic E-state index is 13.5. The van der Waals surface area contributed by atoms with Crippen molar-refractivity contribution in [1.29, 1.82) is 0 Å². The zero-order chi connectivity index (χ0) is 23.6. The summed E-state index contributed by atoms with van der Waals surface area (Å²) in [5, 5.41) is 2.78. The molecule has 1 aliphatic rings. The molecule has 4 rings (SSSR count). The van der Waals surface area contributed by atoms with Crippen LogP contribution in [0.3, 0.4) is 0 Å². The Kier molecular flexibility index (Phi) is 6.37. The van der Waals surface area contributed by atoms with Crippen LogP contribution >= 0.6 is 0 Å². The first-order chi connectivity index (χ1) is 15.7. The van der Waals surface area contributed by atoms with Crippen molar-refractivity contribution >= 4 is 28.5 Å². The Bertz CT molecular complexity index is 1150. The highest BCUT2D eigenvalue weighted by atomic mass is 19.4. The van der Waals surface area contributed by atoms with Crippen LogP contribution in [0, 0.1) is 5.92 Å². The third-order valence-electron chi connectivity index (χ3n) is 5.88. The number of primary amides is 1. The van der Waals surface area contributed by atoms with Crippen molar-refractivity contribution in [3.63, 3.8) is 0 Å². The fourth-order valence-electron chi connectivity index (χ4n) is 4.18. The van der Waals surface area contributed by atoms with Gasteiger partial charge in [0.15, 0.2) is 0 Å². The first-order valence-electron chi connectivity index (χ1n) is 10.7. The molecule has 0 bridgehead atoms. The predicted octanol–water partition coefficient (Wildman–Crippen LogP) is 3.50. The van der Waals surface area contributed by atoms with Crippen LogP contribution in [-0.2, 0) is 17.5 Å². The fraction of sp³-hybridized carbons (Fsp3) is 0.348. The van der Waals surface area contributed by atoms with Gasteiger partial charge in [0.1, 0.15) is 0 Å². The Morgan fingerprint density at radius 1 is 1.06 bits per heavy atom. The van der Waals surface area contributed by atoms with E-state index in [1.54, 1.807) is 48.5 Å². The van der Waals surface area contributed by atoms with Crippen LogP contribution in [0.2, 0.25) is 0 Å². The zero-order valence-corrected chi connectivity index (χ0v) is 17.8. The topological polar surface area (TPSA) is 93.2 Å². The van der Waals surface area contributed by atoms with Crippen molar-refractivity contribution in [3.8, 4) is 0 Å². The smallest absolute Gasteiger partial charge is 0.366 e. The number of alkyl halides is 3. The van der Waals surface area contributed by atoms with Gasteiger partial charge in [0, 0.05) is 17.8 Å². The molecular formula is C23H24F3N5O2. The molecule has 1 aromatic heterocycles. The number of nitrogens with two attached hydrogens (primary N) is 1. The monoisotopic (exact) mass is 459 g/mol. The number of amides is 2. The number of piperidine rings is 1. The van der Waals surface area contributed by atoms with Gasteiger partial charge in [-0.2, -0.15) is 13.2 Å². The Balaban J connectivity index is 1.33. The molecule has 0 unspecified atom stereocenters. The predicted molar refractivity (Wildman–Crippen MR) is 117 cm³/mol. The summed E-state index contributed by atoms with van der Waals surface area (Å²) in [4.78, 5) is 29.3. The standard InChI is InChI=1S/C23H24F3N5O2/c24-23(25,26)22-29-18-3-1-2-4-19(18)31(22)13-15-9-11-30(12-10-15)14-20(32)28-17-7-5-16(6-8-17)21(27)33/h1-8,15H,9-14H2,(H2,27,33)(H,28,32). The number of anilines is 1. The van der Waals surface area contributed by atoms with Crippen LogP contribution in [0.1, 0.15) is 29.0 Å². The molecule has 3 aromatic rings. The molecule has 1 fully saturated rings. The summed E-state index contributed by atoms with van der Waals surface area (Å²) in [5.41, 5.74) is 6.94. The molecule has 0 atom stereocenters. The van der Waals surface area contributed by atoms with E-state index in [0.29, 0.717) is 48.2 Å². The van der Waals surface area contributed by atoms with E-state index in [1.165, 1.54) is 4.57 Å². The number of carbonyl (C=O) groups excluding carboxylic acids is 2. The van der Waals surface area contributed by atoms with E-state index in [4.69, 9.17) is 5.73 Å². The summed E-state index contributed by atoms with van der Waals surface area (Å²) in [7, 11) is 0. The van der Waals surface area contributed by atoms with Crippen LogP contribution in [-0.4, -0.2) is 45.9 Å². The van der Waals surface area contributed by atoms with Gasteiger partial charge in [0.2, 0.25) is 17.6 Å². The molecule has 0 spiro atoms. The Morgan fingerprint density at radius 2 is 1.73 bits per heavy atom. The van der Waals surface area contributed by atoms with Gasteiger partial charge in [-0.1, -0.05) is 12.1 Å². The number of hydrogen-bond acceptors (Lipinski definition) is 4. The lowest BCUT2D eigenvalue weighted by atomic mass is 9.96. The van der Waals surface area contributed by atoms with Crippen LogP contribution in [0.15, 0.2) is 48.5 Å². The van der Waals surface area contributed by atoms with E-state index in [9.17, 15) is 22.8 Å². The second kappa shape index (κ2) is 9.22. The van der Waals surface area contributed by atoms with Crippen molar-refractivity contribution < 1.29 is 22.8 Å². The summed E-state index contributed by atoms with van der Waals surface area (Å²) >= 11 is 0. The molecule has 3 N–H and O–H groups in total. The molecule has 0 radical (unpaired) electrons. The highest BCUT2D eigenvalue weighted by Crippen LogP contribution is 2.33. The van der Waals surface area contributed by atoms with E-state index < -0.39 is 17.9 Å². The summed E-state index contributed by atoms with van der Waals surface area (Å²) < 4.78 is 41.9. The van der Waals surface area contributed by atoms with Gasteiger partial charge >= 0.3 is 6.18 Å². The molecular weight excluding hydrogens is 435 g/mol. The maximum Gasteiger partial charge on any atom is 0.449 e. The second-order valence-corrected chi connectivity index (χ2v) is 8.24. The van der Waals surface area contributed by atoms with Gasteiger partial charge in [-0.3, -0.25) is 14.5 Å². The summed E-state index contributed by atoms with van der Waals surface area (Å²) in [6.45, 7) is 1.66. The highest BCUT2D eigenvalue weighted by molar-refractivity contribution is 5.95. The van der Waals surface area contributed by atoms with E-state index in [2.05, 4.69) is 10.3 Å². The lowest BCUT2D eigenvalue weighted by Gasteiger charge is -2.32. The fourth-order valence-corrected chi connectivity index (χ4v) is 4.18. The minimum Gasteiger partial charge on any atom is -0.366 e. The Morgan fingerprint density at radius 3 is 2.36 bits per heavy atom. The number of para-hydroxylation sites is 2. The van der Waals surface area contributed by atoms with E-state index in [1.807, 2.05) is 4.90 Å². The van der Waals surface area contributed by atoms with Gasteiger partial charge in [-0.25, -0.2) is 4.98 Å². The van der Waals surface area contributed by atoms with Gasteiger partial charge in [0.25, 0.3) is 0 Å². The van der Waals surface area contributed by atoms with Crippen molar-refractivity contribution in [2.24, 2.45) is 11.7 Å². The summed E-state index contributed by atoms with van der Waals surface area (Å²) in [6, 6.07) is 12.9. The quantitative estimate of drug-likeness (QED) is 0.590. The SMILES string of the molecule is NC(=O)c1ccc(NC(=O)CN2CCC(Cn3c(C(F)(F)F)nc4ccccc43)CC2)cc1. The first kappa shape index (κ1) is 22.8. The zero-order valence-electron chi connectivity index (χ0n) is 17.8. The third-order valence-corrected chi connectivity index (χ3v) is 5.88. The molecule has 1 saturated heterocycles. The number of aromatic nitrogens is 2. The molecule has 0 saturated carbocycles. The number of fused-ring (bicyclic) bond motifs is 1. The summed E-state index contributed by atoms with van der Waals surface area (Å²) in [5.74, 6) is -1.54. The molecule has 2 heterocycles. The number of halogens is 3. The number of imidazole rings is 1. The lowest BCUT2D eigenvalue weighted by Crippen LogP contribution is -2.40. The van der Waals surface area contributed by atoms with Crippen molar-refractivity contribution in [2.45, 2.75) is 25.6 Å². The van der Waals surface area contributed by atoms with Crippen LogP contribution < -0.4 is 11.1 Å². The highest BCUT2D eigenvalue weighted by Gasteiger charge is 2.38. The normalized spacial score (nSPS) is 15.6. The van der Waals surface area contributed by atoms with Crippen molar-refractivity contribution in [1.82, 2.24) is 14.5 Å². The maximum atomic E-state index is 13.5. The van der Waals surface area contributed by atoms with E-state index in [-0.39, 0.29) is 24.9 Å². The Labute approximate surface area is 188 Å². The average Bonchev–Trinajstić information content (AvgIpc) is 3.14. The second-order valence-electron chi connectivity index (χ2n) is 8.24. The lowest BCUT2D eigenvalue weighted by molar-refractivity contribution is -0.147. The number of carbonyl (C=O) groups is 2. The van der Waals surface area contributed by atoms with E-state index in [0.717, 1.165) is 0 Å². The minimum absolute atomic E-state index is 0.0596. The molecule has 7 nitrogen and oxygen atoms in total. The Hall–Kier alpha value is -3.40. The number of likely N-dealkylation sites (tertiary alicyclic amines) is 1. The van der Waals surface area contributed by atoms with Crippen LogP contribution in [0.4, 0.5) is 18.9 Å². The van der Waals surface area contributed by atoms with E-state index >= 15 is 0 Å². The molecule has 1 aliphatic heterocycles. The van der Waals surface area contributed by atoms with Crippen molar-refractivity contribution in [3.05, 3.63) is 59.9 Å². The first-order valence-corrected chi connectivity index (χ1v) is 10.7. The average molecular weight is 459 g/mol. The van der Waals surface area contributed by atoms with Gasteiger partial charge in [0.05, 0.1) is 17.6 Å². The molecule has 33 heavy (non-hydrogen) atoms. The van der Waals surface area contributed by atoms with Gasteiger partial charge in [-0.15, -0.1) is 0 Å². The van der Waals surface area contributed by atoms with Gasteiger partial charge in [-0.05, 0) is 68.2 Å². The van der Waals surface area contributed by atoms with Crippen LogP contribution in [0.25, 0.3) is 11.0 Å². The van der Waals surface area contributed by atoms with Gasteiger partial charge < -0.3 is 15.6 Å². The minimum atomic E-state index is -4.52. The molecule has 2 aromatic carbocycles. The van der Waals surface area contributed by atoms with Crippen molar-refractivity contribution in [2.75, 3.05) is 25.0 Å². The number of hydrogen-bond donors (Lipinski definition) is 2. The number of benzene rings is 2. The molecule has 2 amide bonds. The van der Waals surface area contributed by atoms with Crippen LogP contribution in [0.5, 0.6) is 0 Å². The molecule has 0 aliphatic carbocycles. The molecule has 174 valence electrons. The summed E-state index contributed by atoms with van der Waals surface area (Å²) in [6.07, 6.45) is -3.15. The number of nitrogens with one attached hydrogen (secondary N) is 1. The number of rotatable bonds is 6. The number of nitrogens with zero attached hydrogens (tertiary/aromatic N) is 3. The molecule has 10 heteroatoms.